The van der Waals surface area contributed by atoms with Gasteiger partial charge in [-0.25, -0.2) is 8.78 Å². The second-order valence-electron chi connectivity index (χ2n) is 3.35. The van der Waals surface area contributed by atoms with Gasteiger partial charge in [0.25, 0.3) is 6.43 Å². The molecule has 7 heteroatoms. The Kier molecular flexibility index (Phi) is 5.58. The van der Waals surface area contributed by atoms with Gasteiger partial charge in [-0.3, -0.25) is 4.79 Å². The van der Waals surface area contributed by atoms with Gasteiger partial charge < -0.3 is 4.74 Å². The number of hydrogen-bond donors (Lipinski definition) is 0. The maximum absolute atomic E-state index is 12.7. The van der Waals surface area contributed by atoms with E-state index in [0.29, 0.717) is 0 Å². The molecule has 0 N–H and O–H groups in total. The van der Waals surface area contributed by atoms with Gasteiger partial charge in [0.15, 0.2) is 0 Å². The highest BCUT2D eigenvalue weighted by Gasteiger charge is 2.20. The van der Waals surface area contributed by atoms with Gasteiger partial charge in [-0.15, -0.1) is 0 Å². The van der Waals surface area contributed by atoms with Crippen molar-refractivity contribution in [3.05, 3.63) is 29.3 Å². The lowest BCUT2D eigenvalue weighted by Crippen LogP contribution is -2.11. The van der Waals surface area contributed by atoms with Crippen molar-refractivity contribution in [3.8, 4) is 5.75 Å². The Bertz CT molecular complexity index is 424. The number of Topliss-reactive ketones (excluding diaryl/α,β-unsaturated/α-hetero) is 1. The molecular formula is C11H9BrF4O2. The summed E-state index contributed by atoms with van der Waals surface area (Å²) in [5.74, 6) is -0.792. The maximum Gasteiger partial charge on any atom is 0.387 e. The largest absolute Gasteiger partial charge is 0.435 e. The molecule has 0 fully saturated rings. The first-order chi connectivity index (χ1) is 8.45. The van der Waals surface area contributed by atoms with Crippen LogP contribution in [0.25, 0.3) is 0 Å². The monoisotopic (exact) mass is 328 g/mol. The molecule has 0 aliphatic carbocycles. The topological polar surface area (TPSA) is 26.3 Å². The molecular weight excluding hydrogens is 320 g/mol. The van der Waals surface area contributed by atoms with E-state index in [-0.39, 0.29) is 17.3 Å². The van der Waals surface area contributed by atoms with Crippen LogP contribution in [0.5, 0.6) is 5.75 Å². The molecule has 0 amide bonds. The molecule has 0 unspecified atom stereocenters. The second kappa shape index (κ2) is 6.72. The van der Waals surface area contributed by atoms with Gasteiger partial charge in [0.1, 0.15) is 11.5 Å². The fraction of sp³-hybridized carbons (Fsp3) is 0.364. The van der Waals surface area contributed by atoms with E-state index in [2.05, 4.69) is 20.7 Å². The summed E-state index contributed by atoms with van der Waals surface area (Å²) >= 11 is 2.88. The van der Waals surface area contributed by atoms with Crippen molar-refractivity contribution in [2.45, 2.75) is 19.5 Å². The van der Waals surface area contributed by atoms with Gasteiger partial charge in [-0.2, -0.15) is 8.78 Å². The SMILES string of the molecule is O=C(CBr)Cc1c(OC(F)F)cccc1C(F)F. The van der Waals surface area contributed by atoms with Crippen LogP contribution in [0.3, 0.4) is 0 Å². The van der Waals surface area contributed by atoms with Crippen LogP contribution in [0.2, 0.25) is 0 Å². The lowest BCUT2D eigenvalue weighted by atomic mass is 10.0. The molecule has 0 radical (unpaired) electrons. The summed E-state index contributed by atoms with van der Waals surface area (Å²) in [6, 6.07) is 3.40. The zero-order valence-electron chi connectivity index (χ0n) is 9.01. The summed E-state index contributed by atoms with van der Waals surface area (Å²) in [5.41, 5.74) is -0.667. The molecule has 1 aromatic rings. The van der Waals surface area contributed by atoms with Gasteiger partial charge in [0.05, 0.1) is 5.33 Å². The van der Waals surface area contributed by atoms with Crippen molar-refractivity contribution >= 4 is 21.7 Å². The second-order valence-corrected chi connectivity index (χ2v) is 3.91. The van der Waals surface area contributed by atoms with Gasteiger partial charge in [-0.05, 0) is 6.07 Å². The Labute approximate surface area is 109 Å². The third kappa shape index (κ3) is 3.97. The number of ketones is 1. The zero-order chi connectivity index (χ0) is 13.7. The van der Waals surface area contributed by atoms with Crippen molar-refractivity contribution in [2.75, 3.05) is 5.33 Å². The van der Waals surface area contributed by atoms with Gasteiger partial charge in [0, 0.05) is 17.5 Å². The minimum absolute atomic E-state index is 0.0430. The molecule has 0 aliphatic rings. The minimum atomic E-state index is -3.13. The van der Waals surface area contributed by atoms with Crippen LogP contribution in [0, 0.1) is 0 Å². The Hall–Kier alpha value is -1.11. The Balaban J connectivity index is 3.16. The van der Waals surface area contributed by atoms with Crippen LogP contribution < -0.4 is 4.74 Å². The number of benzene rings is 1. The first-order valence-corrected chi connectivity index (χ1v) is 6.00. The lowest BCUT2D eigenvalue weighted by molar-refractivity contribution is -0.116. The van der Waals surface area contributed by atoms with E-state index in [1.807, 2.05) is 0 Å². The lowest BCUT2D eigenvalue weighted by Gasteiger charge is -2.14. The van der Waals surface area contributed by atoms with Crippen LogP contribution in [0.4, 0.5) is 17.6 Å². The summed E-state index contributed by atoms with van der Waals surface area (Å²) in [5, 5.41) is -0.0430. The predicted octanol–water partition coefficient (Wildman–Crippen LogP) is 3.73. The average molecular weight is 329 g/mol. The van der Waals surface area contributed by atoms with Gasteiger partial charge in [0.2, 0.25) is 0 Å². The zero-order valence-corrected chi connectivity index (χ0v) is 10.6. The number of ether oxygens (including phenoxy) is 1. The van der Waals surface area contributed by atoms with Gasteiger partial charge in [-0.1, -0.05) is 28.1 Å². The molecule has 100 valence electrons. The maximum atomic E-state index is 12.7. The molecule has 2 nitrogen and oxygen atoms in total. The standard InChI is InChI=1S/C11H9BrF4O2/c12-5-6(17)4-8-7(10(13)14)2-1-3-9(8)18-11(15)16/h1-3,10-11H,4-5H2. The van der Waals surface area contributed by atoms with E-state index in [1.165, 1.54) is 6.07 Å². The number of hydrogen-bond acceptors (Lipinski definition) is 2. The summed E-state index contributed by atoms with van der Waals surface area (Å²) in [6.45, 7) is -3.13. The first-order valence-electron chi connectivity index (χ1n) is 4.88. The molecule has 0 spiro atoms. The first kappa shape index (κ1) is 14.9. The van der Waals surface area contributed by atoms with Crippen LogP contribution in [0.15, 0.2) is 18.2 Å². The van der Waals surface area contributed by atoms with Crippen molar-refractivity contribution in [1.29, 1.82) is 0 Å². The molecule has 18 heavy (non-hydrogen) atoms. The molecule has 0 heterocycles. The quantitative estimate of drug-likeness (QED) is 0.587. The van der Waals surface area contributed by atoms with Crippen molar-refractivity contribution in [3.63, 3.8) is 0 Å². The molecule has 0 aromatic heterocycles. The van der Waals surface area contributed by atoms with E-state index in [0.717, 1.165) is 12.1 Å². The third-order valence-electron chi connectivity index (χ3n) is 2.14. The van der Waals surface area contributed by atoms with Crippen LogP contribution in [-0.2, 0) is 11.2 Å². The number of carbonyl (C=O) groups is 1. The molecule has 0 saturated heterocycles. The minimum Gasteiger partial charge on any atom is -0.435 e. The average Bonchev–Trinajstić information content (AvgIpc) is 2.30. The molecule has 1 aromatic carbocycles. The number of alkyl halides is 5. The van der Waals surface area contributed by atoms with E-state index < -0.39 is 30.1 Å². The van der Waals surface area contributed by atoms with E-state index >= 15 is 0 Å². The highest BCUT2D eigenvalue weighted by Crippen LogP contribution is 2.31. The Morgan fingerprint density at radius 3 is 2.44 bits per heavy atom. The molecule has 0 aliphatic heterocycles. The summed E-state index contributed by atoms with van der Waals surface area (Å²) in [6.07, 6.45) is -3.24. The summed E-state index contributed by atoms with van der Waals surface area (Å²) in [4.78, 5) is 11.3. The third-order valence-corrected chi connectivity index (χ3v) is 2.77. The fourth-order valence-corrected chi connectivity index (χ4v) is 1.63. The highest BCUT2D eigenvalue weighted by atomic mass is 79.9. The number of rotatable bonds is 6. The Morgan fingerprint density at radius 2 is 1.94 bits per heavy atom. The van der Waals surface area contributed by atoms with Crippen molar-refractivity contribution in [1.82, 2.24) is 0 Å². The molecule has 0 atom stereocenters. The molecule has 1 rings (SSSR count). The van der Waals surface area contributed by atoms with E-state index in [4.69, 9.17) is 0 Å². The van der Waals surface area contributed by atoms with E-state index in [9.17, 15) is 22.4 Å². The summed E-state index contributed by atoms with van der Waals surface area (Å²) < 4.78 is 53.9. The molecule has 0 bridgehead atoms. The Morgan fingerprint density at radius 1 is 1.28 bits per heavy atom. The highest BCUT2D eigenvalue weighted by molar-refractivity contribution is 9.09. The summed E-state index contributed by atoms with van der Waals surface area (Å²) in [7, 11) is 0. The van der Waals surface area contributed by atoms with Crippen LogP contribution in [0.1, 0.15) is 17.6 Å². The van der Waals surface area contributed by atoms with Crippen LogP contribution in [-0.4, -0.2) is 17.7 Å². The van der Waals surface area contributed by atoms with E-state index in [1.54, 1.807) is 0 Å². The van der Waals surface area contributed by atoms with Crippen molar-refractivity contribution in [2.24, 2.45) is 0 Å². The van der Waals surface area contributed by atoms with Gasteiger partial charge >= 0.3 is 6.61 Å². The number of carbonyl (C=O) groups excluding carboxylic acids is 1. The number of halogens is 5. The molecule has 0 saturated carbocycles. The smallest absolute Gasteiger partial charge is 0.387 e. The normalized spacial score (nSPS) is 11.1. The van der Waals surface area contributed by atoms with Crippen molar-refractivity contribution < 1.29 is 27.1 Å². The van der Waals surface area contributed by atoms with Crippen LogP contribution >= 0.6 is 15.9 Å². The fourth-order valence-electron chi connectivity index (χ4n) is 1.43. The predicted molar refractivity (Wildman–Crippen MR) is 60.5 cm³/mol.